The van der Waals surface area contributed by atoms with Crippen LogP contribution in [0.15, 0.2) is 36.4 Å². The van der Waals surface area contributed by atoms with E-state index in [1.165, 1.54) is 7.11 Å². The highest BCUT2D eigenvalue weighted by atomic mass is 32.2. The normalized spacial score (nSPS) is 11.8. The summed E-state index contributed by atoms with van der Waals surface area (Å²) in [6.45, 7) is 7.96. The van der Waals surface area contributed by atoms with Crippen LogP contribution in [0.5, 0.6) is 5.75 Å². The van der Waals surface area contributed by atoms with Crippen molar-refractivity contribution in [2.45, 2.75) is 33.1 Å². The molecule has 0 fully saturated rings. The van der Waals surface area contributed by atoms with Crippen LogP contribution in [0.3, 0.4) is 0 Å². The Morgan fingerprint density at radius 2 is 1.59 bits per heavy atom. The Labute approximate surface area is 161 Å². The first-order valence-electron chi connectivity index (χ1n) is 8.49. The van der Waals surface area contributed by atoms with Gasteiger partial charge in [0.1, 0.15) is 0 Å². The predicted molar refractivity (Wildman–Crippen MR) is 109 cm³/mol. The number of hydrogen-bond acceptors (Lipinski definition) is 4. The molecule has 0 aliphatic carbocycles. The van der Waals surface area contributed by atoms with E-state index in [2.05, 4.69) is 10.0 Å². The summed E-state index contributed by atoms with van der Waals surface area (Å²) in [5.74, 6) is -0.0430. The molecule has 0 unspecified atom stereocenters. The van der Waals surface area contributed by atoms with Gasteiger partial charge in [-0.1, -0.05) is 38.5 Å². The molecule has 0 aromatic heterocycles. The van der Waals surface area contributed by atoms with Crippen LogP contribution in [0.2, 0.25) is 0 Å². The van der Waals surface area contributed by atoms with Crippen molar-refractivity contribution in [1.29, 1.82) is 0 Å². The van der Waals surface area contributed by atoms with E-state index >= 15 is 0 Å². The lowest BCUT2D eigenvalue weighted by Gasteiger charge is -2.24. The van der Waals surface area contributed by atoms with Crippen molar-refractivity contribution >= 4 is 27.3 Å². The Morgan fingerprint density at radius 1 is 1.04 bits per heavy atom. The van der Waals surface area contributed by atoms with E-state index in [0.717, 1.165) is 17.4 Å². The van der Waals surface area contributed by atoms with Gasteiger partial charge >= 0.3 is 0 Å². The molecule has 1 amide bonds. The van der Waals surface area contributed by atoms with Gasteiger partial charge in [-0.25, -0.2) is 8.42 Å². The SMILES string of the molecule is COc1c(NC(=O)c2ccc(C)cc2)cc(C(C)(C)C)cc1NS(C)(=O)=O. The molecule has 0 aliphatic heterocycles. The van der Waals surface area contributed by atoms with Gasteiger partial charge in [0, 0.05) is 5.56 Å². The number of amides is 1. The third-order valence-electron chi connectivity index (χ3n) is 4.02. The van der Waals surface area contributed by atoms with Crippen LogP contribution in [0, 0.1) is 6.92 Å². The molecule has 0 saturated carbocycles. The van der Waals surface area contributed by atoms with E-state index in [-0.39, 0.29) is 22.8 Å². The average Bonchev–Trinajstić information content (AvgIpc) is 2.52. The van der Waals surface area contributed by atoms with Gasteiger partial charge in [0.05, 0.1) is 24.7 Å². The van der Waals surface area contributed by atoms with Crippen LogP contribution in [-0.2, 0) is 15.4 Å². The van der Waals surface area contributed by atoms with Crippen LogP contribution in [0.4, 0.5) is 11.4 Å². The number of nitrogens with one attached hydrogen (secondary N) is 2. The van der Waals surface area contributed by atoms with E-state index in [0.29, 0.717) is 11.3 Å². The van der Waals surface area contributed by atoms with E-state index in [4.69, 9.17) is 4.74 Å². The van der Waals surface area contributed by atoms with E-state index < -0.39 is 10.0 Å². The summed E-state index contributed by atoms with van der Waals surface area (Å²) < 4.78 is 31.4. The zero-order chi connectivity index (χ0) is 20.4. The van der Waals surface area contributed by atoms with Crippen molar-refractivity contribution in [2.24, 2.45) is 0 Å². The van der Waals surface area contributed by atoms with Crippen LogP contribution in [0.1, 0.15) is 42.3 Å². The molecule has 0 saturated heterocycles. The van der Waals surface area contributed by atoms with Gasteiger partial charge in [0.25, 0.3) is 5.91 Å². The first-order valence-corrected chi connectivity index (χ1v) is 10.4. The smallest absolute Gasteiger partial charge is 0.255 e. The highest BCUT2D eigenvalue weighted by Gasteiger charge is 2.22. The number of benzene rings is 2. The Kier molecular flexibility index (Phi) is 5.85. The number of anilines is 2. The van der Waals surface area contributed by atoms with E-state index in [9.17, 15) is 13.2 Å². The molecule has 0 heterocycles. The van der Waals surface area contributed by atoms with Crippen molar-refractivity contribution in [3.8, 4) is 5.75 Å². The first-order chi connectivity index (χ1) is 12.4. The molecule has 0 radical (unpaired) electrons. The van der Waals surface area contributed by atoms with Crippen LogP contribution in [-0.4, -0.2) is 27.7 Å². The number of methoxy groups -OCH3 is 1. The molecule has 2 aromatic carbocycles. The minimum absolute atomic E-state index is 0.258. The maximum Gasteiger partial charge on any atom is 0.255 e. The number of aryl methyl sites for hydroxylation is 1. The summed E-state index contributed by atoms with van der Waals surface area (Å²) in [5, 5.41) is 2.84. The Morgan fingerprint density at radius 3 is 2.07 bits per heavy atom. The fraction of sp³-hybridized carbons (Fsp3) is 0.350. The molecule has 2 rings (SSSR count). The van der Waals surface area contributed by atoms with Gasteiger partial charge in [0.2, 0.25) is 10.0 Å². The summed E-state index contributed by atoms with van der Waals surface area (Å²) >= 11 is 0. The van der Waals surface area contributed by atoms with Gasteiger partial charge in [-0.15, -0.1) is 0 Å². The molecule has 6 nitrogen and oxygen atoms in total. The number of rotatable bonds is 5. The number of carbonyl (C=O) groups is 1. The van der Waals surface area contributed by atoms with Gasteiger partial charge in [-0.3, -0.25) is 9.52 Å². The molecule has 2 aromatic rings. The van der Waals surface area contributed by atoms with Gasteiger partial charge in [-0.2, -0.15) is 0 Å². The highest BCUT2D eigenvalue weighted by molar-refractivity contribution is 7.92. The molecule has 27 heavy (non-hydrogen) atoms. The number of sulfonamides is 1. The monoisotopic (exact) mass is 390 g/mol. The van der Waals surface area contributed by atoms with Gasteiger partial charge in [0.15, 0.2) is 5.75 Å². The van der Waals surface area contributed by atoms with Crippen molar-refractivity contribution in [3.63, 3.8) is 0 Å². The standard InChI is InChI=1S/C20H26N2O4S/c1-13-7-9-14(10-8-13)19(23)21-16-11-15(20(2,3)4)12-17(18(16)26-5)22-27(6,24)25/h7-12,22H,1-6H3,(H,21,23). The molecular weight excluding hydrogens is 364 g/mol. The molecule has 0 atom stereocenters. The maximum absolute atomic E-state index is 12.6. The van der Waals surface area contributed by atoms with Crippen LogP contribution in [0.25, 0.3) is 0 Å². The number of carbonyl (C=O) groups excluding carboxylic acids is 1. The molecule has 7 heteroatoms. The second-order valence-corrected chi connectivity index (χ2v) is 9.30. The van der Waals surface area contributed by atoms with Crippen LogP contribution < -0.4 is 14.8 Å². The lowest BCUT2D eigenvalue weighted by Crippen LogP contribution is -2.18. The van der Waals surface area contributed by atoms with Crippen molar-refractivity contribution < 1.29 is 17.9 Å². The Bertz CT molecular complexity index is 943. The summed E-state index contributed by atoms with van der Waals surface area (Å²) in [7, 11) is -2.09. The number of ether oxygens (including phenoxy) is 1. The minimum atomic E-state index is -3.52. The first kappa shape index (κ1) is 20.8. The zero-order valence-corrected chi connectivity index (χ0v) is 17.3. The van der Waals surface area contributed by atoms with Crippen molar-refractivity contribution in [3.05, 3.63) is 53.1 Å². The third-order valence-corrected chi connectivity index (χ3v) is 4.61. The summed E-state index contributed by atoms with van der Waals surface area (Å²) in [5.41, 5.74) is 2.84. The largest absolute Gasteiger partial charge is 0.492 e. The Balaban J connectivity index is 2.53. The fourth-order valence-electron chi connectivity index (χ4n) is 2.55. The van der Waals surface area contributed by atoms with Crippen molar-refractivity contribution in [2.75, 3.05) is 23.4 Å². The summed E-state index contributed by atoms with van der Waals surface area (Å²) in [4.78, 5) is 12.6. The molecular formula is C20H26N2O4S. The van der Waals surface area contributed by atoms with Crippen LogP contribution >= 0.6 is 0 Å². The van der Waals surface area contributed by atoms with Gasteiger partial charge < -0.3 is 10.1 Å². The second kappa shape index (κ2) is 7.60. The summed E-state index contributed by atoms with van der Waals surface area (Å²) in [6, 6.07) is 10.7. The fourth-order valence-corrected chi connectivity index (χ4v) is 3.10. The predicted octanol–water partition coefficient (Wildman–Crippen LogP) is 3.92. The molecule has 146 valence electrons. The lowest BCUT2D eigenvalue weighted by atomic mass is 9.86. The maximum atomic E-state index is 12.6. The van der Waals surface area contributed by atoms with Crippen molar-refractivity contribution in [1.82, 2.24) is 0 Å². The average molecular weight is 391 g/mol. The topological polar surface area (TPSA) is 84.5 Å². The van der Waals surface area contributed by atoms with E-state index in [1.54, 1.807) is 24.3 Å². The zero-order valence-electron chi connectivity index (χ0n) is 16.5. The molecule has 0 aliphatic rings. The molecule has 0 bridgehead atoms. The molecule has 2 N–H and O–H groups in total. The number of hydrogen-bond donors (Lipinski definition) is 2. The summed E-state index contributed by atoms with van der Waals surface area (Å²) in [6.07, 6.45) is 1.07. The quantitative estimate of drug-likeness (QED) is 0.810. The second-order valence-electron chi connectivity index (χ2n) is 7.55. The molecule has 0 spiro atoms. The Hall–Kier alpha value is -2.54. The third kappa shape index (κ3) is 5.47. The lowest BCUT2D eigenvalue weighted by molar-refractivity contribution is 0.102. The van der Waals surface area contributed by atoms with Gasteiger partial charge in [-0.05, 0) is 42.2 Å². The highest BCUT2D eigenvalue weighted by Crippen LogP contribution is 2.39. The minimum Gasteiger partial charge on any atom is -0.492 e. The van der Waals surface area contributed by atoms with E-state index in [1.807, 2.05) is 39.8 Å².